The minimum absolute atomic E-state index is 0.0812. The van der Waals surface area contributed by atoms with Crippen molar-refractivity contribution in [3.63, 3.8) is 0 Å². The zero-order valence-corrected chi connectivity index (χ0v) is 19.0. The molecule has 160 valence electrons. The van der Waals surface area contributed by atoms with Crippen molar-refractivity contribution < 1.29 is 28.6 Å². The molecule has 30 heavy (non-hydrogen) atoms. The molecule has 2 aromatic rings. The van der Waals surface area contributed by atoms with Crippen LogP contribution in [0.2, 0.25) is 5.02 Å². The van der Waals surface area contributed by atoms with Gasteiger partial charge >= 0.3 is 5.97 Å². The molecule has 0 aromatic heterocycles. The third-order valence-electron chi connectivity index (χ3n) is 4.11. The summed E-state index contributed by atoms with van der Waals surface area (Å²) in [6, 6.07) is 9.79. The Morgan fingerprint density at radius 3 is 2.37 bits per heavy atom. The van der Waals surface area contributed by atoms with Crippen molar-refractivity contribution in [3.05, 3.63) is 51.5 Å². The van der Waals surface area contributed by atoms with Crippen LogP contribution in [-0.2, 0) is 14.3 Å². The number of nitrogens with one attached hydrogen (secondary N) is 1. The van der Waals surface area contributed by atoms with Crippen LogP contribution < -0.4 is 14.8 Å². The van der Waals surface area contributed by atoms with Gasteiger partial charge in [-0.25, -0.2) is 0 Å². The number of benzene rings is 2. The summed E-state index contributed by atoms with van der Waals surface area (Å²) in [5.74, 6) is -0.660. The van der Waals surface area contributed by atoms with Crippen LogP contribution in [0, 0.1) is 0 Å². The van der Waals surface area contributed by atoms with Crippen molar-refractivity contribution in [2.24, 2.45) is 0 Å². The molecule has 0 saturated carbocycles. The fraction of sp³-hybridized carbons (Fsp3) is 0.286. The molecular formula is C21H21BrClNO6. The van der Waals surface area contributed by atoms with E-state index in [1.165, 1.54) is 27.2 Å². The summed E-state index contributed by atoms with van der Waals surface area (Å²) in [7, 11) is 2.92. The maximum atomic E-state index is 12.4. The number of halogens is 2. The van der Waals surface area contributed by atoms with Crippen molar-refractivity contribution in [1.82, 2.24) is 0 Å². The largest absolute Gasteiger partial charge is 0.496 e. The number of hydrogen-bond donors (Lipinski definition) is 1. The Bertz CT molecular complexity index is 949. The number of carbonyl (C=O) groups excluding carboxylic acids is 3. The summed E-state index contributed by atoms with van der Waals surface area (Å²) in [6.07, 6.45) is -1.33. The third-order valence-corrected chi connectivity index (χ3v) is 4.84. The van der Waals surface area contributed by atoms with Gasteiger partial charge in [-0.2, -0.15) is 0 Å². The Kier molecular flexibility index (Phi) is 8.68. The summed E-state index contributed by atoms with van der Waals surface area (Å²) in [4.78, 5) is 36.9. The summed E-state index contributed by atoms with van der Waals surface area (Å²) < 4.78 is 16.2. The smallest absolute Gasteiger partial charge is 0.307 e. The Hall–Kier alpha value is -2.58. The first-order chi connectivity index (χ1) is 14.2. The van der Waals surface area contributed by atoms with Gasteiger partial charge in [0.2, 0.25) is 0 Å². The van der Waals surface area contributed by atoms with Crippen LogP contribution >= 0.6 is 27.5 Å². The van der Waals surface area contributed by atoms with Gasteiger partial charge in [-0.15, -0.1) is 0 Å². The van der Waals surface area contributed by atoms with Crippen molar-refractivity contribution in [2.45, 2.75) is 25.9 Å². The lowest BCUT2D eigenvalue weighted by atomic mass is 10.1. The molecule has 2 aromatic carbocycles. The fourth-order valence-corrected chi connectivity index (χ4v) is 3.10. The van der Waals surface area contributed by atoms with Crippen molar-refractivity contribution >= 4 is 50.9 Å². The molecule has 0 bridgehead atoms. The maximum Gasteiger partial charge on any atom is 0.307 e. The number of carbonyl (C=O) groups is 3. The van der Waals surface area contributed by atoms with Crippen LogP contribution in [0.1, 0.15) is 30.1 Å². The first kappa shape index (κ1) is 23.7. The second-order valence-corrected chi connectivity index (χ2v) is 7.59. The highest BCUT2D eigenvalue weighted by molar-refractivity contribution is 9.10. The summed E-state index contributed by atoms with van der Waals surface area (Å²) in [6.45, 7) is 1.43. The Balaban J connectivity index is 1.92. The van der Waals surface area contributed by atoms with Gasteiger partial charge in [0.1, 0.15) is 11.5 Å². The number of rotatable bonds is 9. The Labute approximate surface area is 187 Å². The van der Waals surface area contributed by atoms with E-state index in [9.17, 15) is 14.4 Å². The maximum absolute atomic E-state index is 12.4. The highest BCUT2D eigenvalue weighted by atomic mass is 79.9. The Morgan fingerprint density at radius 2 is 1.70 bits per heavy atom. The summed E-state index contributed by atoms with van der Waals surface area (Å²) >= 11 is 9.24. The van der Waals surface area contributed by atoms with Crippen LogP contribution in [0.3, 0.4) is 0 Å². The number of esters is 1. The van der Waals surface area contributed by atoms with E-state index in [1.54, 1.807) is 30.3 Å². The highest BCUT2D eigenvalue weighted by Gasteiger charge is 2.21. The molecule has 0 spiro atoms. The molecular weight excluding hydrogens is 478 g/mol. The SMILES string of the molecule is COc1ccc(Cl)cc1NC(=O)C(C)OC(=O)CCC(=O)c1cc(Br)ccc1OC. The lowest BCUT2D eigenvalue weighted by Crippen LogP contribution is -2.30. The van der Waals surface area contributed by atoms with E-state index in [0.29, 0.717) is 27.8 Å². The van der Waals surface area contributed by atoms with Gasteiger partial charge in [0.05, 0.1) is 31.9 Å². The van der Waals surface area contributed by atoms with Crippen molar-refractivity contribution in [1.29, 1.82) is 0 Å². The molecule has 2 rings (SSSR count). The van der Waals surface area contributed by atoms with E-state index in [2.05, 4.69) is 21.2 Å². The molecule has 0 fully saturated rings. The van der Waals surface area contributed by atoms with Crippen LogP contribution in [0.25, 0.3) is 0 Å². The zero-order chi connectivity index (χ0) is 22.3. The van der Waals surface area contributed by atoms with Gasteiger partial charge in [-0.05, 0) is 43.3 Å². The Morgan fingerprint density at radius 1 is 1.03 bits per heavy atom. The molecule has 7 nitrogen and oxygen atoms in total. The van der Waals surface area contributed by atoms with Gasteiger partial charge in [0.25, 0.3) is 5.91 Å². The van der Waals surface area contributed by atoms with E-state index in [4.69, 9.17) is 25.8 Å². The molecule has 0 aliphatic carbocycles. The van der Waals surface area contributed by atoms with E-state index in [-0.39, 0.29) is 18.6 Å². The number of ether oxygens (including phenoxy) is 3. The van der Waals surface area contributed by atoms with Gasteiger partial charge in [-0.3, -0.25) is 14.4 Å². The van der Waals surface area contributed by atoms with Crippen LogP contribution in [0.15, 0.2) is 40.9 Å². The minimum atomic E-state index is -1.07. The molecule has 1 amide bonds. The van der Waals surface area contributed by atoms with Crippen LogP contribution in [0.4, 0.5) is 5.69 Å². The molecule has 1 atom stereocenters. The molecule has 9 heteroatoms. The van der Waals surface area contributed by atoms with Crippen LogP contribution in [-0.4, -0.2) is 38.0 Å². The van der Waals surface area contributed by atoms with E-state index >= 15 is 0 Å². The standard InChI is InChI=1S/C21H21BrClNO6/c1-12(21(27)24-16-11-14(23)5-8-19(16)29-3)30-20(26)9-6-17(25)15-10-13(22)4-7-18(15)28-2/h4-5,7-8,10-12H,6,9H2,1-3H3,(H,24,27). The molecule has 0 heterocycles. The number of amides is 1. The normalized spacial score (nSPS) is 11.4. The number of ketones is 1. The first-order valence-electron chi connectivity index (χ1n) is 8.95. The van der Waals surface area contributed by atoms with Gasteiger partial charge in [0, 0.05) is 15.9 Å². The first-order valence-corrected chi connectivity index (χ1v) is 10.1. The highest BCUT2D eigenvalue weighted by Crippen LogP contribution is 2.28. The topological polar surface area (TPSA) is 90.9 Å². The number of anilines is 1. The second-order valence-electron chi connectivity index (χ2n) is 6.23. The molecule has 0 aliphatic rings. The lowest BCUT2D eigenvalue weighted by Gasteiger charge is -2.15. The van der Waals surface area contributed by atoms with E-state index in [1.807, 2.05) is 0 Å². The fourth-order valence-electron chi connectivity index (χ4n) is 2.57. The average molecular weight is 499 g/mol. The van der Waals surface area contributed by atoms with Gasteiger partial charge in [0.15, 0.2) is 11.9 Å². The molecule has 0 saturated heterocycles. The zero-order valence-electron chi connectivity index (χ0n) is 16.7. The molecule has 1 unspecified atom stereocenters. The van der Waals surface area contributed by atoms with Crippen LogP contribution in [0.5, 0.6) is 11.5 Å². The van der Waals surface area contributed by atoms with E-state index in [0.717, 1.165) is 4.47 Å². The minimum Gasteiger partial charge on any atom is -0.496 e. The number of hydrogen-bond acceptors (Lipinski definition) is 6. The summed E-state index contributed by atoms with van der Waals surface area (Å²) in [5.41, 5.74) is 0.716. The molecule has 1 N–H and O–H groups in total. The summed E-state index contributed by atoms with van der Waals surface area (Å²) in [5, 5.41) is 3.02. The van der Waals surface area contributed by atoms with Crippen molar-refractivity contribution in [2.75, 3.05) is 19.5 Å². The lowest BCUT2D eigenvalue weighted by molar-refractivity contribution is -0.153. The predicted octanol–water partition coefficient (Wildman–Crippen LogP) is 4.65. The average Bonchev–Trinajstić information content (AvgIpc) is 2.72. The molecule has 0 radical (unpaired) electrons. The predicted molar refractivity (Wildman–Crippen MR) is 116 cm³/mol. The van der Waals surface area contributed by atoms with Gasteiger partial charge < -0.3 is 19.5 Å². The second kappa shape index (κ2) is 11.0. The number of Topliss-reactive ketones (excluding diaryl/α,β-unsaturated/α-hetero) is 1. The number of methoxy groups -OCH3 is 2. The van der Waals surface area contributed by atoms with Gasteiger partial charge in [-0.1, -0.05) is 27.5 Å². The monoisotopic (exact) mass is 497 g/mol. The molecule has 0 aliphatic heterocycles. The van der Waals surface area contributed by atoms with E-state index < -0.39 is 18.0 Å². The van der Waals surface area contributed by atoms with Crippen molar-refractivity contribution in [3.8, 4) is 11.5 Å². The third kappa shape index (κ3) is 6.47. The quantitative estimate of drug-likeness (QED) is 0.400.